The molecule has 0 unspecified atom stereocenters. The summed E-state index contributed by atoms with van der Waals surface area (Å²) in [6.45, 7) is 2.76. The highest BCUT2D eigenvalue weighted by molar-refractivity contribution is 6.04. The molecule has 0 atom stereocenters. The van der Waals surface area contributed by atoms with Crippen LogP contribution in [0.1, 0.15) is 23.0 Å². The lowest BCUT2D eigenvalue weighted by Gasteiger charge is -2.10. The molecule has 28 heavy (non-hydrogen) atoms. The average Bonchev–Trinajstić information content (AvgIpc) is 2.65. The number of fused-ring (bicyclic) bond motifs is 1. The molecule has 7 heteroatoms. The number of hydrogen-bond acceptors (Lipinski definition) is 5. The Labute approximate surface area is 161 Å². The Morgan fingerprint density at radius 1 is 0.964 bits per heavy atom. The smallest absolute Gasteiger partial charge is 0.339 e. The number of carbonyl (C=O) groups excluding carboxylic acids is 3. The van der Waals surface area contributed by atoms with E-state index in [0.29, 0.717) is 33.5 Å². The number of nitrogens with zero attached hydrogens (tertiary/aromatic N) is 1. The van der Waals surface area contributed by atoms with Crippen molar-refractivity contribution in [3.63, 3.8) is 0 Å². The molecule has 1 aromatic heterocycles. The Hall–Kier alpha value is -3.74. The third kappa shape index (κ3) is 4.70. The van der Waals surface area contributed by atoms with E-state index in [1.807, 2.05) is 18.2 Å². The van der Waals surface area contributed by atoms with Crippen molar-refractivity contribution < 1.29 is 19.1 Å². The van der Waals surface area contributed by atoms with Gasteiger partial charge in [-0.25, -0.2) is 4.79 Å². The fraction of sp³-hybridized carbons (Fsp3) is 0.143. The Morgan fingerprint density at radius 3 is 2.43 bits per heavy atom. The van der Waals surface area contributed by atoms with Gasteiger partial charge in [0.05, 0.1) is 11.1 Å². The summed E-state index contributed by atoms with van der Waals surface area (Å²) in [5, 5.41) is 5.93. The van der Waals surface area contributed by atoms with Crippen LogP contribution in [-0.4, -0.2) is 29.4 Å². The maximum absolute atomic E-state index is 12.5. The number of pyridine rings is 1. The average molecular weight is 377 g/mol. The van der Waals surface area contributed by atoms with Crippen molar-refractivity contribution in [2.24, 2.45) is 0 Å². The molecule has 2 aromatic carbocycles. The molecule has 3 rings (SSSR count). The molecule has 0 fully saturated rings. The van der Waals surface area contributed by atoms with Gasteiger partial charge in [-0.2, -0.15) is 0 Å². The number of amides is 2. The molecule has 0 bridgehead atoms. The Morgan fingerprint density at radius 2 is 1.68 bits per heavy atom. The molecule has 2 amide bonds. The van der Waals surface area contributed by atoms with Gasteiger partial charge in [0, 0.05) is 29.4 Å². The van der Waals surface area contributed by atoms with Crippen LogP contribution >= 0.6 is 0 Å². The van der Waals surface area contributed by atoms with Gasteiger partial charge in [0.15, 0.2) is 6.61 Å². The van der Waals surface area contributed by atoms with Crippen LogP contribution in [0.15, 0.2) is 54.6 Å². The van der Waals surface area contributed by atoms with Gasteiger partial charge in [-0.15, -0.1) is 0 Å². The molecule has 1 heterocycles. The van der Waals surface area contributed by atoms with E-state index in [2.05, 4.69) is 15.6 Å². The lowest BCUT2D eigenvalue weighted by atomic mass is 10.1. The first-order valence-corrected chi connectivity index (χ1v) is 8.63. The van der Waals surface area contributed by atoms with E-state index in [4.69, 9.17) is 4.74 Å². The van der Waals surface area contributed by atoms with Crippen molar-refractivity contribution in [2.75, 3.05) is 17.2 Å². The minimum atomic E-state index is -0.594. The van der Waals surface area contributed by atoms with Crippen molar-refractivity contribution in [1.82, 2.24) is 4.98 Å². The lowest BCUT2D eigenvalue weighted by molar-refractivity contribution is -0.119. The van der Waals surface area contributed by atoms with E-state index in [-0.39, 0.29) is 5.91 Å². The molecule has 0 spiro atoms. The number of carbonyl (C=O) groups is 3. The van der Waals surface area contributed by atoms with E-state index in [9.17, 15) is 14.4 Å². The van der Waals surface area contributed by atoms with Gasteiger partial charge in [0.2, 0.25) is 5.91 Å². The van der Waals surface area contributed by atoms with E-state index >= 15 is 0 Å². The Balaban J connectivity index is 1.65. The van der Waals surface area contributed by atoms with Crippen molar-refractivity contribution in [2.45, 2.75) is 13.8 Å². The number of nitrogens with one attached hydrogen (secondary N) is 2. The van der Waals surface area contributed by atoms with Crippen LogP contribution in [0.25, 0.3) is 10.9 Å². The third-order valence-corrected chi connectivity index (χ3v) is 3.87. The topological polar surface area (TPSA) is 97.4 Å². The minimum absolute atomic E-state index is 0.211. The van der Waals surface area contributed by atoms with Gasteiger partial charge < -0.3 is 15.4 Å². The van der Waals surface area contributed by atoms with Crippen LogP contribution in [0.3, 0.4) is 0 Å². The number of ether oxygens (including phenoxy) is 1. The maximum Gasteiger partial charge on any atom is 0.339 e. The van der Waals surface area contributed by atoms with Crippen LogP contribution in [-0.2, 0) is 14.3 Å². The second-order valence-electron chi connectivity index (χ2n) is 6.21. The SMILES string of the molecule is CC(=O)Nc1cccc(NC(=O)COC(=O)c2cc(C)nc3ccccc23)c1. The molecular weight excluding hydrogens is 358 g/mol. The number of rotatable bonds is 5. The molecule has 0 saturated heterocycles. The Kier molecular flexibility index (Phi) is 5.64. The molecule has 0 saturated carbocycles. The number of hydrogen-bond donors (Lipinski definition) is 2. The summed E-state index contributed by atoms with van der Waals surface area (Å²) in [7, 11) is 0. The highest BCUT2D eigenvalue weighted by Gasteiger charge is 2.15. The normalized spacial score (nSPS) is 10.4. The molecular formula is C21H19N3O4. The summed E-state index contributed by atoms with van der Waals surface area (Å²) in [6.07, 6.45) is 0. The third-order valence-electron chi connectivity index (χ3n) is 3.87. The predicted octanol–water partition coefficient (Wildman–Crippen LogP) is 3.30. The van der Waals surface area contributed by atoms with E-state index in [0.717, 1.165) is 0 Å². The maximum atomic E-state index is 12.5. The predicted molar refractivity (Wildman–Crippen MR) is 106 cm³/mol. The first-order chi connectivity index (χ1) is 13.4. The van der Waals surface area contributed by atoms with E-state index in [1.54, 1.807) is 43.3 Å². The van der Waals surface area contributed by atoms with Crippen molar-refractivity contribution >= 4 is 40.1 Å². The molecule has 2 N–H and O–H groups in total. The van der Waals surface area contributed by atoms with Crippen LogP contribution in [0.4, 0.5) is 11.4 Å². The van der Waals surface area contributed by atoms with Crippen LogP contribution in [0.2, 0.25) is 0 Å². The van der Waals surface area contributed by atoms with Crippen LogP contribution < -0.4 is 10.6 Å². The monoisotopic (exact) mass is 377 g/mol. The van der Waals surface area contributed by atoms with Crippen LogP contribution in [0.5, 0.6) is 0 Å². The summed E-state index contributed by atoms with van der Waals surface area (Å²) in [5.41, 5.74) is 2.78. The number of para-hydroxylation sites is 1. The number of esters is 1. The second-order valence-corrected chi connectivity index (χ2v) is 6.21. The summed E-state index contributed by atoms with van der Waals surface area (Å²) in [6, 6.07) is 15.6. The Bertz CT molecular complexity index is 1060. The molecule has 7 nitrogen and oxygen atoms in total. The lowest BCUT2D eigenvalue weighted by Crippen LogP contribution is -2.21. The highest BCUT2D eigenvalue weighted by Crippen LogP contribution is 2.19. The molecule has 0 radical (unpaired) electrons. The van der Waals surface area contributed by atoms with Gasteiger partial charge in [-0.1, -0.05) is 24.3 Å². The molecule has 3 aromatic rings. The number of anilines is 2. The number of benzene rings is 2. The molecule has 0 aliphatic rings. The first-order valence-electron chi connectivity index (χ1n) is 8.63. The molecule has 142 valence electrons. The minimum Gasteiger partial charge on any atom is -0.452 e. The molecule has 0 aliphatic carbocycles. The van der Waals surface area contributed by atoms with Crippen molar-refractivity contribution in [3.8, 4) is 0 Å². The van der Waals surface area contributed by atoms with Crippen LogP contribution in [0, 0.1) is 6.92 Å². The number of aryl methyl sites for hydroxylation is 1. The summed E-state index contributed by atoms with van der Waals surface area (Å²) >= 11 is 0. The zero-order chi connectivity index (χ0) is 20.1. The van der Waals surface area contributed by atoms with Crippen molar-refractivity contribution in [1.29, 1.82) is 0 Å². The van der Waals surface area contributed by atoms with E-state index < -0.39 is 18.5 Å². The van der Waals surface area contributed by atoms with E-state index in [1.165, 1.54) is 6.92 Å². The number of aromatic nitrogens is 1. The fourth-order valence-electron chi connectivity index (χ4n) is 2.76. The zero-order valence-corrected chi connectivity index (χ0v) is 15.5. The highest BCUT2D eigenvalue weighted by atomic mass is 16.5. The van der Waals surface area contributed by atoms with Gasteiger partial charge in [-0.3, -0.25) is 14.6 Å². The molecule has 0 aliphatic heterocycles. The van der Waals surface area contributed by atoms with Gasteiger partial charge in [0.1, 0.15) is 0 Å². The van der Waals surface area contributed by atoms with Gasteiger partial charge in [-0.05, 0) is 37.3 Å². The summed E-state index contributed by atoms with van der Waals surface area (Å²) in [5.74, 6) is -1.29. The van der Waals surface area contributed by atoms with Crippen molar-refractivity contribution in [3.05, 3.63) is 65.9 Å². The fourth-order valence-corrected chi connectivity index (χ4v) is 2.76. The van der Waals surface area contributed by atoms with Gasteiger partial charge in [0.25, 0.3) is 5.91 Å². The second kappa shape index (κ2) is 8.30. The largest absolute Gasteiger partial charge is 0.452 e. The van der Waals surface area contributed by atoms with Gasteiger partial charge >= 0.3 is 5.97 Å². The zero-order valence-electron chi connectivity index (χ0n) is 15.5. The summed E-state index contributed by atoms with van der Waals surface area (Å²) < 4.78 is 5.17. The first kappa shape index (κ1) is 19.0. The standard InChI is InChI=1S/C21H19N3O4/c1-13-10-18(17-8-3-4-9-19(17)22-13)21(27)28-12-20(26)24-16-7-5-6-15(11-16)23-14(2)25/h3-11H,12H2,1-2H3,(H,23,25)(H,24,26). The quantitative estimate of drug-likeness (QED) is 0.665. The summed E-state index contributed by atoms with van der Waals surface area (Å²) in [4.78, 5) is 40.1.